The summed E-state index contributed by atoms with van der Waals surface area (Å²) in [6.45, 7) is -0.625. The van der Waals surface area contributed by atoms with Gasteiger partial charge in [-0.3, -0.25) is 0 Å². The SMILES string of the molecule is OC[C@H]1O[C@@H](n2cc(C(F)(F)F)c3c(O)ncnc32)[C@H](O)[C@@H]1O. The number of aliphatic hydroxyl groups excluding tert-OH is 3. The van der Waals surface area contributed by atoms with Crippen molar-refractivity contribution in [1.82, 2.24) is 14.5 Å². The summed E-state index contributed by atoms with van der Waals surface area (Å²) in [5.41, 5.74) is -1.52. The molecule has 3 rings (SSSR count). The number of aliphatic hydroxyl groups is 3. The van der Waals surface area contributed by atoms with Crippen molar-refractivity contribution >= 4 is 11.0 Å². The standard InChI is InChI=1S/C12H12F3N3O5/c13-12(14,15)4-1-18(9-6(4)10(22)17-3-16-9)11-8(21)7(20)5(2-19)23-11/h1,3,5,7-8,11,19-21H,2H2,(H,16,17,22)/t5-,7-,8-,11-/m1/s1. The van der Waals surface area contributed by atoms with E-state index in [0.717, 1.165) is 10.9 Å². The minimum absolute atomic E-state index is 0.320. The van der Waals surface area contributed by atoms with Gasteiger partial charge >= 0.3 is 6.18 Å². The summed E-state index contributed by atoms with van der Waals surface area (Å²) in [4.78, 5) is 7.01. The summed E-state index contributed by atoms with van der Waals surface area (Å²) in [5.74, 6) is -0.868. The highest BCUT2D eigenvalue weighted by Gasteiger charge is 2.45. The largest absolute Gasteiger partial charge is 0.493 e. The smallest absolute Gasteiger partial charge is 0.418 e. The van der Waals surface area contributed by atoms with Gasteiger partial charge in [-0.1, -0.05) is 0 Å². The zero-order valence-electron chi connectivity index (χ0n) is 11.3. The second kappa shape index (κ2) is 5.30. The molecule has 2 aromatic heterocycles. The number of alkyl halides is 3. The van der Waals surface area contributed by atoms with Crippen molar-refractivity contribution in [2.75, 3.05) is 6.61 Å². The van der Waals surface area contributed by atoms with E-state index < -0.39 is 54.2 Å². The first kappa shape index (κ1) is 15.9. The second-order valence-electron chi connectivity index (χ2n) is 5.07. The third kappa shape index (κ3) is 2.41. The molecule has 0 radical (unpaired) electrons. The molecule has 3 heterocycles. The highest BCUT2D eigenvalue weighted by atomic mass is 19.4. The van der Waals surface area contributed by atoms with Gasteiger partial charge in [0, 0.05) is 6.20 Å². The Morgan fingerprint density at radius 3 is 2.48 bits per heavy atom. The molecule has 8 nitrogen and oxygen atoms in total. The Morgan fingerprint density at radius 1 is 1.22 bits per heavy atom. The van der Waals surface area contributed by atoms with Gasteiger partial charge in [0.15, 0.2) is 6.23 Å². The van der Waals surface area contributed by atoms with E-state index in [1.54, 1.807) is 0 Å². The van der Waals surface area contributed by atoms with Gasteiger partial charge in [0.05, 0.1) is 17.6 Å². The van der Waals surface area contributed by atoms with E-state index in [2.05, 4.69) is 9.97 Å². The maximum absolute atomic E-state index is 13.1. The van der Waals surface area contributed by atoms with Crippen molar-refractivity contribution in [2.24, 2.45) is 0 Å². The van der Waals surface area contributed by atoms with Crippen LogP contribution in [0.25, 0.3) is 11.0 Å². The molecule has 0 unspecified atom stereocenters. The molecule has 2 aromatic rings. The number of hydrogen-bond acceptors (Lipinski definition) is 7. The minimum atomic E-state index is -4.80. The summed E-state index contributed by atoms with van der Waals surface area (Å²) in [5, 5.41) is 37.7. The molecule has 11 heteroatoms. The Morgan fingerprint density at radius 2 is 1.91 bits per heavy atom. The molecule has 0 amide bonds. The molecule has 0 saturated carbocycles. The van der Waals surface area contributed by atoms with E-state index in [9.17, 15) is 28.5 Å². The molecule has 1 aliphatic heterocycles. The minimum Gasteiger partial charge on any atom is -0.493 e. The maximum atomic E-state index is 13.1. The first-order valence-electron chi connectivity index (χ1n) is 6.50. The third-order valence-corrected chi connectivity index (χ3v) is 3.69. The van der Waals surface area contributed by atoms with Crippen LogP contribution in [0.1, 0.15) is 11.8 Å². The Bertz CT molecular complexity index is 735. The van der Waals surface area contributed by atoms with Gasteiger partial charge in [-0.15, -0.1) is 0 Å². The van der Waals surface area contributed by atoms with E-state index in [1.165, 1.54) is 0 Å². The molecule has 0 spiro atoms. The normalized spacial score (nSPS) is 28.6. The molecule has 0 aromatic carbocycles. The molecule has 126 valence electrons. The van der Waals surface area contributed by atoms with Crippen LogP contribution < -0.4 is 0 Å². The molecular weight excluding hydrogens is 323 g/mol. The number of ether oxygens (including phenoxy) is 1. The van der Waals surface area contributed by atoms with Crippen LogP contribution >= 0.6 is 0 Å². The van der Waals surface area contributed by atoms with E-state index in [0.29, 0.717) is 6.20 Å². The highest BCUT2D eigenvalue weighted by molar-refractivity contribution is 5.85. The van der Waals surface area contributed by atoms with Crippen LogP contribution in [0.15, 0.2) is 12.5 Å². The Hall–Kier alpha value is -1.95. The van der Waals surface area contributed by atoms with Gasteiger partial charge in [-0.25, -0.2) is 9.97 Å². The summed E-state index contributed by atoms with van der Waals surface area (Å²) in [6.07, 6.45) is -8.96. The Labute approximate surface area is 126 Å². The van der Waals surface area contributed by atoms with Crippen molar-refractivity contribution in [3.63, 3.8) is 0 Å². The van der Waals surface area contributed by atoms with Crippen LogP contribution in [0.2, 0.25) is 0 Å². The van der Waals surface area contributed by atoms with E-state index >= 15 is 0 Å². The molecule has 23 heavy (non-hydrogen) atoms. The third-order valence-electron chi connectivity index (χ3n) is 3.69. The lowest BCUT2D eigenvalue weighted by atomic mass is 10.1. The van der Waals surface area contributed by atoms with Crippen molar-refractivity contribution in [1.29, 1.82) is 0 Å². The molecule has 4 atom stereocenters. The van der Waals surface area contributed by atoms with Crippen molar-refractivity contribution in [2.45, 2.75) is 30.7 Å². The van der Waals surface area contributed by atoms with Crippen LogP contribution in [-0.4, -0.2) is 59.9 Å². The van der Waals surface area contributed by atoms with E-state index in [-0.39, 0.29) is 5.65 Å². The van der Waals surface area contributed by atoms with Gasteiger partial charge in [-0.05, 0) is 0 Å². The predicted molar refractivity (Wildman–Crippen MR) is 67.2 cm³/mol. The van der Waals surface area contributed by atoms with Crippen molar-refractivity contribution in [3.8, 4) is 5.88 Å². The zero-order valence-corrected chi connectivity index (χ0v) is 11.3. The quantitative estimate of drug-likeness (QED) is 0.598. The van der Waals surface area contributed by atoms with E-state index in [1.807, 2.05) is 0 Å². The van der Waals surface area contributed by atoms with Gasteiger partial charge < -0.3 is 29.7 Å². The monoisotopic (exact) mass is 335 g/mol. The fourth-order valence-corrected chi connectivity index (χ4v) is 2.59. The number of hydrogen-bond donors (Lipinski definition) is 4. The lowest BCUT2D eigenvalue weighted by molar-refractivity contribution is -0.136. The summed E-state index contributed by atoms with van der Waals surface area (Å²) in [7, 11) is 0. The zero-order chi connectivity index (χ0) is 16.9. The number of nitrogens with zero attached hydrogens (tertiary/aromatic N) is 3. The lowest BCUT2D eigenvalue weighted by Crippen LogP contribution is -2.33. The highest BCUT2D eigenvalue weighted by Crippen LogP contribution is 2.41. The fourth-order valence-electron chi connectivity index (χ4n) is 2.59. The van der Waals surface area contributed by atoms with Crippen LogP contribution in [0.4, 0.5) is 13.2 Å². The molecular formula is C12H12F3N3O5. The summed E-state index contributed by atoms with van der Waals surface area (Å²) in [6, 6.07) is 0. The van der Waals surface area contributed by atoms with Crippen molar-refractivity contribution < 1.29 is 38.3 Å². The Kier molecular flexibility index (Phi) is 3.67. The van der Waals surface area contributed by atoms with Gasteiger partial charge in [-0.2, -0.15) is 13.2 Å². The lowest BCUT2D eigenvalue weighted by Gasteiger charge is -2.17. The molecule has 0 bridgehead atoms. The van der Waals surface area contributed by atoms with Crippen LogP contribution in [0.5, 0.6) is 5.88 Å². The van der Waals surface area contributed by atoms with Gasteiger partial charge in [0.2, 0.25) is 5.88 Å². The first-order valence-corrected chi connectivity index (χ1v) is 6.50. The topological polar surface area (TPSA) is 121 Å². The number of fused-ring (bicyclic) bond motifs is 1. The molecule has 1 fully saturated rings. The Balaban J connectivity index is 2.18. The van der Waals surface area contributed by atoms with Gasteiger partial charge in [0.1, 0.15) is 30.3 Å². The molecule has 1 aliphatic rings. The summed E-state index contributed by atoms with van der Waals surface area (Å²) >= 11 is 0. The number of halogens is 3. The first-order chi connectivity index (χ1) is 10.8. The van der Waals surface area contributed by atoms with E-state index in [4.69, 9.17) is 9.84 Å². The number of rotatable bonds is 2. The second-order valence-corrected chi connectivity index (χ2v) is 5.07. The molecule has 1 saturated heterocycles. The number of aromatic hydroxyl groups is 1. The average molecular weight is 335 g/mol. The molecule has 0 aliphatic carbocycles. The van der Waals surface area contributed by atoms with Crippen LogP contribution in [0.3, 0.4) is 0 Å². The number of aromatic nitrogens is 3. The predicted octanol–water partition coefficient (Wildman–Crippen LogP) is -0.233. The average Bonchev–Trinajstić information content (AvgIpc) is 3.00. The van der Waals surface area contributed by atoms with Gasteiger partial charge in [0.25, 0.3) is 0 Å². The molecule has 4 N–H and O–H groups in total. The fraction of sp³-hybridized carbons (Fsp3) is 0.500. The van der Waals surface area contributed by atoms with Crippen LogP contribution in [0, 0.1) is 0 Å². The maximum Gasteiger partial charge on any atom is 0.418 e. The van der Waals surface area contributed by atoms with Crippen molar-refractivity contribution in [3.05, 3.63) is 18.1 Å². The van der Waals surface area contributed by atoms with Crippen LogP contribution in [-0.2, 0) is 10.9 Å². The summed E-state index contributed by atoms with van der Waals surface area (Å²) < 4.78 is 45.5.